The minimum Gasteiger partial charge on any atom is -0.349 e. The predicted octanol–water partition coefficient (Wildman–Crippen LogP) is 3.57. The second-order valence-corrected chi connectivity index (χ2v) is 7.87. The molecule has 2 heterocycles. The normalized spacial score (nSPS) is 14.8. The number of amides is 2. The number of halogens is 3. The Morgan fingerprint density at radius 1 is 1.19 bits per heavy atom. The van der Waals surface area contributed by atoms with E-state index < -0.39 is 31.0 Å². The van der Waals surface area contributed by atoms with Crippen molar-refractivity contribution < 1.29 is 22.8 Å². The van der Waals surface area contributed by atoms with Gasteiger partial charge in [-0.15, -0.1) is 0 Å². The number of carbonyl (C=O) groups is 2. The lowest BCUT2D eigenvalue weighted by Gasteiger charge is -2.19. The molecule has 0 saturated heterocycles. The van der Waals surface area contributed by atoms with Crippen LogP contribution in [0.15, 0.2) is 48.8 Å². The number of imidazole rings is 1. The van der Waals surface area contributed by atoms with Crippen molar-refractivity contribution in [2.45, 2.75) is 44.4 Å². The smallest absolute Gasteiger partial charge is 0.349 e. The fraction of sp³-hybridized carbons (Fsp3) is 0.364. The van der Waals surface area contributed by atoms with Crippen LogP contribution in [0.5, 0.6) is 0 Å². The zero-order valence-electron chi connectivity index (χ0n) is 17.1. The molecular weight excluding hydrogens is 423 g/mol. The summed E-state index contributed by atoms with van der Waals surface area (Å²) >= 11 is 0. The highest BCUT2D eigenvalue weighted by molar-refractivity contribution is 5.94. The maximum Gasteiger partial charge on any atom is 0.389 e. The van der Waals surface area contributed by atoms with Crippen molar-refractivity contribution in [2.75, 3.05) is 0 Å². The highest BCUT2D eigenvalue weighted by Crippen LogP contribution is 2.41. The van der Waals surface area contributed by atoms with Crippen molar-refractivity contribution in [2.24, 2.45) is 5.92 Å². The maximum atomic E-state index is 12.4. The lowest BCUT2D eigenvalue weighted by atomic mass is 10.0. The number of carbonyl (C=O) groups excluding carboxylic acids is 2. The molecule has 10 heteroatoms. The van der Waals surface area contributed by atoms with Crippen LogP contribution in [0.25, 0.3) is 5.65 Å². The van der Waals surface area contributed by atoms with E-state index in [2.05, 4.69) is 20.7 Å². The van der Waals surface area contributed by atoms with Crippen molar-refractivity contribution >= 4 is 17.5 Å². The van der Waals surface area contributed by atoms with Gasteiger partial charge in [0.15, 0.2) is 5.65 Å². The van der Waals surface area contributed by atoms with Crippen molar-refractivity contribution in [3.05, 3.63) is 65.6 Å². The monoisotopic (exact) mass is 445 g/mol. The number of alkyl halides is 3. The number of fused-ring (bicyclic) bond motifs is 1. The first kappa shape index (κ1) is 21.8. The molecule has 4 rings (SSSR count). The maximum absolute atomic E-state index is 12.4. The third-order valence-corrected chi connectivity index (χ3v) is 5.26. The number of rotatable bonds is 8. The molecule has 1 unspecified atom stereocenters. The van der Waals surface area contributed by atoms with E-state index in [0.29, 0.717) is 22.5 Å². The molecule has 2 amide bonds. The molecule has 1 aliphatic carbocycles. The summed E-state index contributed by atoms with van der Waals surface area (Å²) in [5.41, 5.74) is 2.38. The summed E-state index contributed by atoms with van der Waals surface area (Å²) in [5.74, 6) is -0.674. The van der Waals surface area contributed by atoms with E-state index in [9.17, 15) is 22.8 Å². The van der Waals surface area contributed by atoms with Gasteiger partial charge in [-0.25, -0.2) is 9.50 Å². The Balaban J connectivity index is 1.43. The summed E-state index contributed by atoms with van der Waals surface area (Å²) in [5, 5.41) is 9.85. The highest BCUT2D eigenvalue weighted by atomic mass is 19.4. The van der Waals surface area contributed by atoms with Crippen molar-refractivity contribution in [1.82, 2.24) is 25.2 Å². The number of nitrogens with zero attached hydrogens (tertiary/aromatic N) is 3. The third kappa shape index (κ3) is 5.63. The van der Waals surface area contributed by atoms with E-state index >= 15 is 0 Å². The first-order chi connectivity index (χ1) is 15.3. The van der Waals surface area contributed by atoms with Crippen molar-refractivity contribution in [3.63, 3.8) is 0 Å². The molecule has 1 fully saturated rings. The van der Waals surface area contributed by atoms with Crippen LogP contribution in [0, 0.1) is 5.92 Å². The molecule has 32 heavy (non-hydrogen) atoms. The average molecular weight is 445 g/mol. The number of hydrogen-bond donors (Lipinski definition) is 2. The molecule has 0 bridgehead atoms. The molecule has 7 nitrogen and oxygen atoms in total. The van der Waals surface area contributed by atoms with E-state index in [1.165, 1.54) is 0 Å². The van der Waals surface area contributed by atoms with E-state index in [0.717, 1.165) is 12.8 Å². The zero-order valence-corrected chi connectivity index (χ0v) is 17.1. The van der Waals surface area contributed by atoms with Gasteiger partial charge in [-0.2, -0.15) is 18.3 Å². The second kappa shape index (κ2) is 8.97. The molecule has 1 saturated carbocycles. The molecule has 1 atom stereocenters. The van der Waals surface area contributed by atoms with E-state index in [-0.39, 0.29) is 18.4 Å². The van der Waals surface area contributed by atoms with Crippen LogP contribution >= 0.6 is 0 Å². The van der Waals surface area contributed by atoms with Gasteiger partial charge in [0.05, 0.1) is 37.1 Å². The van der Waals surface area contributed by atoms with Crippen LogP contribution in [0.3, 0.4) is 0 Å². The summed E-state index contributed by atoms with van der Waals surface area (Å²) in [6, 6.07) is 10.2. The quantitative estimate of drug-likeness (QED) is 0.555. The number of hydrogen-bond acceptors (Lipinski definition) is 4. The van der Waals surface area contributed by atoms with Gasteiger partial charge in [-0.1, -0.05) is 18.2 Å². The number of aromatic nitrogens is 3. The fourth-order valence-corrected chi connectivity index (χ4v) is 3.46. The second-order valence-electron chi connectivity index (χ2n) is 7.87. The Bertz CT molecular complexity index is 1110. The van der Waals surface area contributed by atoms with E-state index in [4.69, 9.17) is 0 Å². The Hall–Kier alpha value is -3.43. The largest absolute Gasteiger partial charge is 0.389 e. The molecule has 0 radical (unpaired) electrons. The Labute approximate surface area is 182 Å². The Morgan fingerprint density at radius 2 is 1.94 bits per heavy atom. The Morgan fingerprint density at radius 3 is 2.62 bits per heavy atom. The standard InChI is InChI=1S/C22H22F3N5O2/c23-22(24,25)9-8-19(31)29-20(14-6-7-14)16-10-18-28-17(13-30(18)27-11-16)12-26-21(32)15-4-2-1-3-5-15/h1-5,10-11,13-14,20H,6-9,12H2,(H,26,32)(H,29,31). The summed E-state index contributed by atoms with van der Waals surface area (Å²) in [7, 11) is 0. The summed E-state index contributed by atoms with van der Waals surface area (Å²) in [4.78, 5) is 28.7. The van der Waals surface area contributed by atoms with Gasteiger partial charge < -0.3 is 10.6 Å². The van der Waals surface area contributed by atoms with Crippen molar-refractivity contribution in [3.8, 4) is 0 Å². The van der Waals surface area contributed by atoms with Crippen LogP contribution in [-0.2, 0) is 11.3 Å². The van der Waals surface area contributed by atoms with Crippen LogP contribution < -0.4 is 10.6 Å². The summed E-state index contributed by atoms with van der Waals surface area (Å²) < 4.78 is 38.8. The molecule has 0 spiro atoms. The number of nitrogens with one attached hydrogen (secondary N) is 2. The molecular formula is C22H22F3N5O2. The van der Waals surface area contributed by atoms with Gasteiger partial charge in [-0.05, 0) is 42.5 Å². The lowest BCUT2D eigenvalue weighted by Crippen LogP contribution is -2.30. The molecule has 0 aliphatic heterocycles. The van der Waals surface area contributed by atoms with Gasteiger partial charge in [-0.3, -0.25) is 9.59 Å². The van der Waals surface area contributed by atoms with Gasteiger partial charge in [0, 0.05) is 12.0 Å². The van der Waals surface area contributed by atoms with Crippen LogP contribution in [0.1, 0.15) is 53.3 Å². The molecule has 1 aromatic carbocycles. The highest BCUT2D eigenvalue weighted by Gasteiger charge is 2.35. The SMILES string of the molecule is O=C(CCC(F)(F)F)NC(c1cnn2cc(CNC(=O)c3ccccc3)nc2c1)C1CC1. The van der Waals surface area contributed by atoms with Crippen LogP contribution in [0.2, 0.25) is 0 Å². The molecule has 3 aromatic rings. The molecule has 2 aromatic heterocycles. The fourth-order valence-electron chi connectivity index (χ4n) is 3.46. The summed E-state index contributed by atoms with van der Waals surface area (Å²) in [6.07, 6.45) is -1.05. The predicted molar refractivity (Wildman–Crippen MR) is 109 cm³/mol. The molecule has 2 N–H and O–H groups in total. The first-order valence-corrected chi connectivity index (χ1v) is 10.3. The lowest BCUT2D eigenvalue weighted by molar-refractivity contribution is -0.144. The van der Waals surface area contributed by atoms with E-state index in [1.54, 1.807) is 47.2 Å². The molecule has 1 aliphatic rings. The van der Waals surface area contributed by atoms with Gasteiger partial charge >= 0.3 is 6.18 Å². The molecule has 168 valence electrons. The number of benzene rings is 1. The van der Waals surface area contributed by atoms with Gasteiger partial charge in [0.25, 0.3) is 5.91 Å². The van der Waals surface area contributed by atoms with Gasteiger partial charge in [0.1, 0.15) is 0 Å². The van der Waals surface area contributed by atoms with E-state index in [1.807, 2.05) is 6.07 Å². The minimum absolute atomic E-state index is 0.175. The first-order valence-electron chi connectivity index (χ1n) is 10.3. The van der Waals surface area contributed by atoms with Gasteiger partial charge in [0.2, 0.25) is 5.91 Å². The zero-order chi connectivity index (χ0) is 22.7. The Kier molecular flexibility index (Phi) is 6.11. The van der Waals surface area contributed by atoms with Crippen molar-refractivity contribution in [1.29, 1.82) is 0 Å². The third-order valence-electron chi connectivity index (χ3n) is 5.26. The summed E-state index contributed by atoms with van der Waals surface area (Å²) in [6.45, 7) is 0.215. The topological polar surface area (TPSA) is 88.4 Å². The van der Waals surface area contributed by atoms with Crippen LogP contribution in [0.4, 0.5) is 13.2 Å². The average Bonchev–Trinajstić information content (AvgIpc) is 3.53. The minimum atomic E-state index is -4.37. The van der Waals surface area contributed by atoms with Crippen LogP contribution in [-0.4, -0.2) is 32.6 Å².